The molecule has 2 rings (SSSR count). The van der Waals surface area contributed by atoms with Gasteiger partial charge in [-0.05, 0) is 18.1 Å². The average molecular weight is 230 g/mol. The Bertz CT molecular complexity index is 575. The number of H-pyrrole nitrogens is 1. The number of aromatic amines is 1. The summed E-state index contributed by atoms with van der Waals surface area (Å²) in [7, 11) is 0. The second kappa shape index (κ2) is 4.37. The molecule has 17 heavy (non-hydrogen) atoms. The van der Waals surface area contributed by atoms with Crippen LogP contribution in [0.25, 0.3) is 11.4 Å². The summed E-state index contributed by atoms with van der Waals surface area (Å²) in [5.74, 6) is 0.779. The Balaban J connectivity index is 2.58. The maximum atomic E-state index is 11.9. The summed E-state index contributed by atoms with van der Waals surface area (Å²) in [5, 5.41) is 0. The first-order valence-electron chi connectivity index (χ1n) is 5.39. The molecule has 0 fully saturated rings. The van der Waals surface area contributed by atoms with Gasteiger partial charge in [0, 0.05) is 18.0 Å². The molecule has 0 aliphatic heterocycles. The van der Waals surface area contributed by atoms with Crippen LogP contribution in [0.2, 0.25) is 0 Å². The highest BCUT2D eigenvalue weighted by Gasteiger charge is 2.12. The van der Waals surface area contributed by atoms with Gasteiger partial charge in [-0.1, -0.05) is 13.8 Å². The van der Waals surface area contributed by atoms with Crippen molar-refractivity contribution >= 4 is 5.82 Å². The molecule has 0 saturated heterocycles. The summed E-state index contributed by atoms with van der Waals surface area (Å²) in [6.45, 7) is 3.82. The molecule has 2 aromatic rings. The van der Waals surface area contributed by atoms with E-state index < -0.39 is 0 Å². The minimum absolute atomic E-state index is 0.0502. The van der Waals surface area contributed by atoms with Crippen molar-refractivity contribution in [3.05, 3.63) is 40.4 Å². The van der Waals surface area contributed by atoms with Crippen LogP contribution in [0.15, 0.2) is 29.3 Å². The molecule has 5 heteroatoms. The first-order valence-corrected chi connectivity index (χ1v) is 5.39. The van der Waals surface area contributed by atoms with Gasteiger partial charge < -0.3 is 10.7 Å². The van der Waals surface area contributed by atoms with Crippen molar-refractivity contribution in [2.45, 2.75) is 19.8 Å². The SMILES string of the molecule is CC(C)c1c(N)nc(-c2cccnc2)[nH]c1=O. The quantitative estimate of drug-likeness (QED) is 0.819. The Morgan fingerprint density at radius 3 is 2.71 bits per heavy atom. The highest BCUT2D eigenvalue weighted by atomic mass is 16.1. The van der Waals surface area contributed by atoms with E-state index in [1.165, 1.54) is 0 Å². The number of nitrogens with one attached hydrogen (secondary N) is 1. The average Bonchev–Trinajstić information content (AvgIpc) is 2.28. The highest BCUT2D eigenvalue weighted by Crippen LogP contribution is 2.18. The number of pyridine rings is 1. The second-order valence-corrected chi connectivity index (χ2v) is 4.11. The Morgan fingerprint density at radius 2 is 2.18 bits per heavy atom. The third kappa shape index (κ3) is 2.18. The molecule has 88 valence electrons. The first kappa shape index (κ1) is 11.3. The topological polar surface area (TPSA) is 84.7 Å². The summed E-state index contributed by atoms with van der Waals surface area (Å²) in [6, 6.07) is 3.60. The minimum Gasteiger partial charge on any atom is -0.383 e. The van der Waals surface area contributed by atoms with Crippen LogP contribution in [0.4, 0.5) is 5.82 Å². The van der Waals surface area contributed by atoms with Crippen LogP contribution < -0.4 is 11.3 Å². The zero-order chi connectivity index (χ0) is 12.4. The van der Waals surface area contributed by atoms with Gasteiger partial charge in [0.1, 0.15) is 11.6 Å². The molecule has 0 atom stereocenters. The van der Waals surface area contributed by atoms with Crippen molar-refractivity contribution < 1.29 is 0 Å². The zero-order valence-electron chi connectivity index (χ0n) is 9.77. The molecule has 0 bridgehead atoms. The standard InChI is InChI=1S/C12H14N4O/c1-7(2)9-10(13)15-11(16-12(9)17)8-4-3-5-14-6-8/h3-7H,1-2H3,(H3,13,15,16,17). The van der Waals surface area contributed by atoms with Gasteiger partial charge in [-0.25, -0.2) is 4.98 Å². The molecule has 0 aromatic carbocycles. The van der Waals surface area contributed by atoms with E-state index in [0.717, 1.165) is 5.56 Å². The Kier molecular flexibility index (Phi) is 2.91. The third-order valence-corrected chi connectivity index (χ3v) is 2.50. The van der Waals surface area contributed by atoms with E-state index in [9.17, 15) is 4.79 Å². The summed E-state index contributed by atoms with van der Waals surface area (Å²) in [6.07, 6.45) is 3.29. The van der Waals surface area contributed by atoms with Crippen LogP contribution in [0.1, 0.15) is 25.3 Å². The fourth-order valence-electron chi connectivity index (χ4n) is 1.70. The molecular formula is C12H14N4O. The van der Waals surface area contributed by atoms with Crippen LogP contribution in [-0.2, 0) is 0 Å². The lowest BCUT2D eigenvalue weighted by atomic mass is 10.1. The lowest BCUT2D eigenvalue weighted by Crippen LogP contribution is -2.19. The molecule has 0 amide bonds. The maximum absolute atomic E-state index is 11.9. The number of aromatic nitrogens is 3. The molecule has 3 N–H and O–H groups in total. The molecular weight excluding hydrogens is 216 g/mol. The van der Waals surface area contributed by atoms with Crippen LogP contribution in [0.3, 0.4) is 0 Å². The van der Waals surface area contributed by atoms with Crippen molar-refractivity contribution in [1.29, 1.82) is 0 Å². The molecule has 0 radical (unpaired) electrons. The van der Waals surface area contributed by atoms with Crippen molar-refractivity contribution in [1.82, 2.24) is 15.0 Å². The van der Waals surface area contributed by atoms with Gasteiger partial charge in [0.2, 0.25) is 0 Å². The monoisotopic (exact) mass is 230 g/mol. The predicted molar refractivity (Wildman–Crippen MR) is 66.6 cm³/mol. The normalized spacial score (nSPS) is 10.8. The maximum Gasteiger partial charge on any atom is 0.256 e. The second-order valence-electron chi connectivity index (χ2n) is 4.11. The van der Waals surface area contributed by atoms with Crippen molar-refractivity contribution in [3.63, 3.8) is 0 Å². The molecule has 0 aliphatic rings. The summed E-state index contributed by atoms with van der Waals surface area (Å²) in [5.41, 5.74) is 6.89. The van der Waals surface area contributed by atoms with E-state index in [0.29, 0.717) is 11.4 Å². The summed E-state index contributed by atoms with van der Waals surface area (Å²) < 4.78 is 0. The molecule has 0 aliphatic carbocycles. The zero-order valence-corrected chi connectivity index (χ0v) is 9.77. The predicted octanol–water partition coefficient (Wildman–Crippen LogP) is 1.54. The van der Waals surface area contributed by atoms with Gasteiger partial charge in [-0.15, -0.1) is 0 Å². The molecule has 5 nitrogen and oxygen atoms in total. The van der Waals surface area contributed by atoms with Crippen molar-refractivity contribution in [2.24, 2.45) is 0 Å². The Morgan fingerprint density at radius 1 is 1.41 bits per heavy atom. The van der Waals surface area contributed by atoms with Gasteiger partial charge in [0.05, 0.1) is 5.56 Å². The number of rotatable bonds is 2. The third-order valence-electron chi connectivity index (χ3n) is 2.50. The van der Waals surface area contributed by atoms with Gasteiger partial charge in [0.15, 0.2) is 0 Å². The number of nitrogens with two attached hydrogens (primary N) is 1. The van der Waals surface area contributed by atoms with Crippen LogP contribution in [0.5, 0.6) is 0 Å². The lowest BCUT2D eigenvalue weighted by molar-refractivity contribution is 0.837. The van der Waals surface area contributed by atoms with E-state index in [2.05, 4.69) is 15.0 Å². The van der Waals surface area contributed by atoms with E-state index in [-0.39, 0.29) is 17.3 Å². The van der Waals surface area contributed by atoms with Crippen molar-refractivity contribution in [3.8, 4) is 11.4 Å². The van der Waals surface area contributed by atoms with Gasteiger partial charge in [-0.3, -0.25) is 9.78 Å². The smallest absolute Gasteiger partial charge is 0.256 e. The van der Waals surface area contributed by atoms with E-state index in [4.69, 9.17) is 5.73 Å². The van der Waals surface area contributed by atoms with Gasteiger partial charge in [-0.2, -0.15) is 0 Å². The van der Waals surface area contributed by atoms with Gasteiger partial charge >= 0.3 is 0 Å². The Hall–Kier alpha value is -2.17. The number of anilines is 1. The fourth-order valence-corrected chi connectivity index (χ4v) is 1.70. The summed E-state index contributed by atoms with van der Waals surface area (Å²) >= 11 is 0. The number of nitrogen functional groups attached to an aromatic ring is 1. The molecule has 0 spiro atoms. The van der Waals surface area contributed by atoms with E-state index in [1.54, 1.807) is 18.5 Å². The number of hydrogen-bond acceptors (Lipinski definition) is 4. The fraction of sp³-hybridized carbons (Fsp3) is 0.250. The summed E-state index contributed by atoms with van der Waals surface area (Å²) in [4.78, 5) is 22.8. The number of nitrogens with zero attached hydrogens (tertiary/aromatic N) is 2. The minimum atomic E-state index is -0.189. The highest BCUT2D eigenvalue weighted by molar-refractivity contribution is 5.56. The van der Waals surface area contributed by atoms with Crippen LogP contribution in [-0.4, -0.2) is 15.0 Å². The molecule has 0 saturated carbocycles. The van der Waals surface area contributed by atoms with Crippen molar-refractivity contribution in [2.75, 3.05) is 5.73 Å². The van der Waals surface area contributed by atoms with Gasteiger partial charge in [0.25, 0.3) is 5.56 Å². The first-order chi connectivity index (χ1) is 8.09. The largest absolute Gasteiger partial charge is 0.383 e. The molecule has 2 heterocycles. The van der Waals surface area contributed by atoms with Crippen LogP contribution in [0, 0.1) is 0 Å². The molecule has 0 unspecified atom stereocenters. The van der Waals surface area contributed by atoms with Crippen LogP contribution >= 0.6 is 0 Å². The lowest BCUT2D eigenvalue weighted by Gasteiger charge is -2.08. The van der Waals surface area contributed by atoms with E-state index >= 15 is 0 Å². The van der Waals surface area contributed by atoms with E-state index in [1.807, 2.05) is 19.9 Å². The molecule has 2 aromatic heterocycles. The Labute approximate surface area is 98.7 Å². The number of hydrogen-bond donors (Lipinski definition) is 2.